The number of nitrogens with zero attached hydrogens (tertiary/aromatic N) is 2. The largest absolute Gasteiger partial charge is 0.473 e. The van der Waals surface area contributed by atoms with E-state index >= 15 is 0 Å². The molecule has 0 saturated heterocycles. The molecule has 0 atom stereocenters. The van der Waals surface area contributed by atoms with Crippen LogP contribution in [-0.4, -0.2) is 19.9 Å². The first kappa shape index (κ1) is 15.9. The number of aromatic nitrogens is 4. The molecule has 0 aliphatic heterocycles. The van der Waals surface area contributed by atoms with Crippen molar-refractivity contribution in [3.8, 4) is 5.88 Å². The maximum atomic E-state index is 11.3. The third-order valence-corrected chi connectivity index (χ3v) is 3.89. The maximum Gasteiger partial charge on any atom is 0.323 e. The lowest BCUT2D eigenvalue weighted by atomic mass is 10.2. The molecule has 0 fully saturated rings. The normalized spacial score (nSPS) is 10.8. The second-order valence-corrected chi connectivity index (χ2v) is 5.81. The molecule has 0 bridgehead atoms. The van der Waals surface area contributed by atoms with Gasteiger partial charge in [-0.05, 0) is 23.3 Å². The predicted octanol–water partition coefficient (Wildman–Crippen LogP) is 2.84. The number of imidazole rings is 1. The number of aromatic amines is 2. The highest BCUT2D eigenvalue weighted by atomic mass is 16.5. The number of rotatable bonds is 6. The first-order valence-corrected chi connectivity index (χ1v) is 8.21. The minimum Gasteiger partial charge on any atom is -0.473 e. The zero-order valence-corrected chi connectivity index (χ0v) is 13.9. The van der Waals surface area contributed by atoms with E-state index in [1.165, 1.54) is 0 Å². The molecular formula is C19H17N5O2. The van der Waals surface area contributed by atoms with Gasteiger partial charge in [0.25, 0.3) is 0 Å². The summed E-state index contributed by atoms with van der Waals surface area (Å²) < 4.78 is 5.71. The van der Waals surface area contributed by atoms with E-state index in [9.17, 15) is 4.79 Å². The van der Waals surface area contributed by atoms with Gasteiger partial charge in [-0.25, -0.2) is 9.78 Å². The molecule has 0 unspecified atom stereocenters. The molecule has 2 aromatic carbocycles. The fraction of sp³-hybridized carbons (Fsp3) is 0.105. The van der Waals surface area contributed by atoms with Gasteiger partial charge in [-0.3, -0.25) is 0 Å². The van der Waals surface area contributed by atoms with Crippen LogP contribution in [0.1, 0.15) is 11.1 Å². The molecule has 130 valence electrons. The predicted molar refractivity (Wildman–Crippen MR) is 99.1 cm³/mol. The monoisotopic (exact) mass is 347 g/mol. The lowest BCUT2D eigenvalue weighted by molar-refractivity contribution is 0.294. The average molecular weight is 347 g/mol. The zero-order valence-electron chi connectivity index (χ0n) is 13.9. The Balaban J connectivity index is 1.40. The highest BCUT2D eigenvalue weighted by Gasteiger charge is 2.03. The van der Waals surface area contributed by atoms with Crippen LogP contribution in [0.4, 0.5) is 5.95 Å². The maximum absolute atomic E-state index is 11.3. The van der Waals surface area contributed by atoms with E-state index in [-0.39, 0.29) is 5.69 Å². The van der Waals surface area contributed by atoms with Gasteiger partial charge in [-0.1, -0.05) is 36.4 Å². The molecule has 4 aromatic rings. The lowest BCUT2D eigenvalue weighted by Crippen LogP contribution is -2.05. The summed E-state index contributed by atoms with van der Waals surface area (Å²) in [4.78, 5) is 25.4. The van der Waals surface area contributed by atoms with Crippen LogP contribution >= 0.6 is 0 Å². The smallest absolute Gasteiger partial charge is 0.323 e. The molecule has 7 nitrogen and oxygen atoms in total. The van der Waals surface area contributed by atoms with E-state index in [4.69, 9.17) is 4.74 Å². The summed E-state index contributed by atoms with van der Waals surface area (Å²) in [6.45, 7) is 0.986. The highest BCUT2D eigenvalue weighted by Crippen LogP contribution is 2.14. The van der Waals surface area contributed by atoms with Gasteiger partial charge < -0.3 is 20.0 Å². The van der Waals surface area contributed by atoms with Crippen LogP contribution in [0.25, 0.3) is 11.0 Å². The number of fused-ring (bicyclic) bond motifs is 1. The van der Waals surface area contributed by atoms with E-state index in [1.807, 2.05) is 48.5 Å². The molecule has 0 spiro atoms. The van der Waals surface area contributed by atoms with Gasteiger partial charge >= 0.3 is 5.69 Å². The molecule has 0 aliphatic carbocycles. The third-order valence-electron chi connectivity index (χ3n) is 3.89. The number of H-pyrrole nitrogens is 2. The Morgan fingerprint density at radius 3 is 2.69 bits per heavy atom. The topological polar surface area (TPSA) is 95.7 Å². The second kappa shape index (κ2) is 7.10. The van der Waals surface area contributed by atoms with Crippen molar-refractivity contribution in [1.82, 2.24) is 19.9 Å². The van der Waals surface area contributed by atoms with E-state index in [0.29, 0.717) is 25.0 Å². The van der Waals surface area contributed by atoms with Crippen molar-refractivity contribution in [2.45, 2.75) is 13.2 Å². The van der Waals surface area contributed by atoms with Gasteiger partial charge in [0.2, 0.25) is 11.8 Å². The number of hydrogen-bond acceptors (Lipinski definition) is 5. The minimum absolute atomic E-state index is 0.211. The Bertz CT molecular complexity index is 1070. The van der Waals surface area contributed by atoms with E-state index < -0.39 is 0 Å². The summed E-state index contributed by atoms with van der Waals surface area (Å²) in [6.07, 6.45) is 1.66. The Morgan fingerprint density at radius 1 is 0.962 bits per heavy atom. The SMILES string of the molecule is O=c1[nH]c2ccc(CNc3nccc(OCc4ccccc4)n3)cc2[nH]1. The van der Waals surface area contributed by atoms with Crippen molar-refractivity contribution in [3.05, 3.63) is 82.4 Å². The highest BCUT2D eigenvalue weighted by molar-refractivity contribution is 5.75. The van der Waals surface area contributed by atoms with Gasteiger partial charge in [0.1, 0.15) is 6.61 Å². The molecular weight excluding hydrogens is 330 g/mol. The zero-order chi connectivity index (χ0) is 17.8. The summed E-state index contributed by atoms with van der Waals surface area (Å²) in [5, 5.41) is 3.17. The Labute approximate surface area is 149 Å². The first-order valence-electron chi connectivity index (χ1n) is 8.21. The van der Waals surface area contributed by atoms with Crippen molar-refractivity contribution in [2.24, 2.45) is 0 Å². The van der Waals surface area contributed by atoms with Crippen LogP contribution in [0.5, 0.6) is 5.88 Å². The average Bonchev–Trinajstić information content (AvgIpc) is 3.05. The van der Waals surface area contributed by atoms with Gasteiger partial charge in [0.15, 0.2) is 0 Å². The molecule has 0 aliphatic rings. The number of nitrogens with one attached hydrogen (secondary N) is 3. The van der Waals surface area contributed by atoms with Crippen LogP contribution < -0.4 is 15.7 Å². The molecule has 7 heteroatoms. The number of anilines is 1. The second-order valence-electron chi connectivity index (χ2n) is 5.81. The Kier molecular flexibility index (Phi) is 4.34. The fourth-order valence-electron chi connectivity index (χ4n) is 2.61. The van der Waals surface area contributed by atoms with Crippen LogP contribution in [0.15, 0.2) is 65.6 Å². The third kappa shape index (κ3) is 3.72. The van der Waals surface area contributed by atoms with Crippen molar-refractivity contribution in [1.29, 1.82) is 0 Å². The van der Waals surface area contributed by atoms with E-state index in [1.54, 1.807) is 12.3 Å². The molecule has 2 heterocycles. The van der Waals surface area contributed by atoms with E-state index in [2.05, 4.69) is 25.3 Å². The molecule has 0 radical (unpaired) electrons. The van der Waals surface area contributed by atoms with Gasteiger partial charge in [0, 0.05) is 18.8 Å². The molecule has 0 amide bonds. The number of hydrogen-bond donors (Lipinski definition) is 3. The van der Waals surface area contributed by atoms with Crippen molar-refractivity contribution >= 4 is 17.0 Å². The Morgan fingerprint density at radius 2 is 1.81 bits per heavy atom. The summed E-state index contributed by atoms with van der Waals surface area (Å²) in [6, 6.07) is 17.4. The lowest BCUT2D eigenvalue weighted by Gasteiger charge is -2.08. The van der Waals surface area contributed by atoms with Crippen LogP contribution in [0, 0.1) is 0 Å². The summed E-state index contributed by atoms with van der Waals surface area (Å²) in [7, 11) is 0. The van der Waals surface area contributed by atoms with Crippen molar-refractivity contribution < 1.29 is 4.74 Å². The van der Waals surface area contributed by atoms with Crippen LogP contribution in [-0.2, 0) is 13.2 Å². The Hall–Kier alpha value is -3.61. The van der Waals surface area contributed by atoms with Crippen LogP contribution in [0.2, 0.25) is 0 Å². The summed E-state index contributed by atoms with van der Waals surface area (Å²) >= 11 is 0. The first-order chi connectivity index (χ1) is 12.8. The standard InChI is InChI=1S/C19H17N5O2/c25-19-22-15-7-6-14(10-16(15)23-19)11-21-18-20-9-8-17(24-18)26-12-13-4-2-1-3-5-13/h1-10H,11-12H2,(H,20,21,24)(H2,22,23,25). The van der Waals surface area contributed by atoms with Gasteiger partial charge in [-0.2, -0.15) is 4.98 Å². The molecule has 4 rings (SSSR count). The van der Waals surface area contributed by atoms with E-state index in [0.717, 1.165) is 22.2 Å². The van der Waals surface area contributed by atoms with Gasteiger partial charge in [-0.15, -0.1) is 0 Å². The molecule has 2 aromatic heterocycles. The number of benzene rings is 2. The van der Waals surface area contributed by atoms with Gasteiger partial charge in [0.05, 0.1) is 11.0 Å². The summed E-state index contributed by atoms with van der Waals surface area (Å²) in [5.74, 6) is 0.995. The fourth-order valence-corrected chi connectivity index (χ4v) is 2.61. The number of ether oxygens (including phenoxy) is 1. The minimum atomic E-state index is -0.211. The van der Waals surface area contributed by atoms with Crippen molar-refractivity contribution in [3.63, 3.8) is 0 Å². The summed E-state index contributed by atoms with van der Waals surface area (Å²) in [5.41, 5.74) is 3.43. The molecule has 0 saturated carbocycles. The molecule has 26 heavy (non-hydrogen) atoms. The van der Waals surface area contributed by atoms with Crippen LogP contribution in [0.3, 0.4) is 0 Å². The molecule has 3 N–H and O–H groups in total. The van der Waals surface area contributed by atoms with Crippen molar-refractivity contribution in [2.75, 3.05) is 5.32 Å². The quantitative estimate of drug-likeness (QED) is 0.498.